The van der Waals surface area contributed by atoms with E-state index in [1.54, 1.807) is 0 Å². The summed E-state index contributed by atoms with van der Waals surface area (Å²) < 4.78 is 51.8. The Bertz CT molecular complexity index is 585. The zero-order chi connectivity index (χ0) is 15.5. The maximum Gasteiger partial charge on any atom is 0.214 e. The number of rotatable bonds is 5. The molecule has 1 saturated heterocycles. The lowest BCUT2D eigenvalue weighted by atomic mass is 10.2. The third-order valence-corrected chi connectivity index (χ3v) is 5.61. The van der Waals surface area contributed by atoms with Crippen LogP contribution in [0.25, 0.3) is 0 Å². The minimum Gasteiger partial charge on any atom is -0.369 e. The van der Waals surface area contributed by atoms with Crippen LogP contribution in [0.1, 0.15) is 19.8 Å². The van der Waals surface area contributed by atoms with Crippen molar-refractivity contribution >= 4 is 15.7 Å². The molecule has 1 aromatic carbocycles. The van der Waals surface area contributed by atoms with Crippen LogP contribution < -0.4 is 4.90 Å². The van der Waals surface area contributed by atoms with Gasteiger partial charge in [0.25, 0.3) is 0 Å². The number of unbranched alkanes of at least 4 members (excludes halogenated alkanes) is 1. The van der Waals surface area contributed by atoms with Gasteiger partial charge < -0.3 is 4.90 Å². The second-order valence-corrected chi connectivity index (χ2v) is 7.24. The monoisotopic (exact) mass is 318 g/mol. The molecule has 118 valence electrons. The number of benzene rings is 1. The molecule has 0 saturated carbocycles. The predicted octanol–water partition coefficient (Wildman–Crippen LogP) is 2.22. The molecule has 0 atom stereocenters. The Morgan fingerprint density at radius 1 is 1.10 bits per heavy atom. The first-order valence-electron chi connectivity index (χ1n) is 7.12. The van der Waals surface area contributed by atoms with Gasteiger partial charge in [-0.2, -0.15) is 4.31 Å². The van der Waals surface area contributed by atoms with E-state index in [4.69, 9.17) is 0 Å². The maximum atomic E-state index is 13.2. The standard InChI is InChI=1S/C14H20F2N2O2S/c1-2-3-10-21(19,20)18-8-6-17(7-9-18)12-4-5-13(15)14(16)11-12/h4-5,11H,2-3,6-10H2,1H3. The second-order valence-electron chi connectivity index (χ2n) is 5.15. The number of piperazine rings is 1. The van der Waals surface area contributed by atoms with Crippen molar-refractivity contribution in [1.29, 1.82) is 0 Å². The van der Waals surface area contributed by atoms with Gasteiger partial charge in [0.15, 0.2) is 11.6 Å². The van der Waals surface area contributed by atoms with Crippen LogP contribution >= 0.6 is 0 Å². The summed E-state index contributed by atoms with van der Waals surface area (Å²) >= 11 is 0. The van der Waals surface area contributed by atoms with Crippen LogP contribution in [0.4, 0.5) is 14.5 Å². The summed E-state index contributed by atoms with van der Waals surface area (Å²) in [5, 5.41) is 0. The minimum absolute atomic E-state index is 0.175. The second kappa shape index (κ2) is 6.70. The molecule has 0 aliphatic carbocycles. The van der Waals surface area contributed by atoms with Crippen molar-refractivity contribution in [3.63, 3.8) is 0 Å². The third-order valence-electron chi connectivity index (χ3n) is 3.66. The number of nitrogens with zero attached hydrogens (tertiary/aromatic N) is 2. The molecular formula is C14H20F2N2O2S. The van der Waals surface area contributed by atoms with Gasteiger partial charge in [-0.1, -0.05) is 13.3 Å². The van der Waals surface area contributed by atoms with Crippen molar-refractivity contribution < 1.29 is 17.2 Å². The molecule has 1 aliphatic heterocycles. The highest BCUT2D eigenvalue weighted by Gasteiger charge is 2.26. The normalized spacial score (nSPS) is 17.2. The first-order valence-corrected chi connectivity index (χ1v) is 8.73. The van der Waals surface area contributed by atoms with E-state index in [2.05, 4.69) is 0 Å². The van der Waals surface area contributed by atoms with Gasteiger partial charge in [0.1, 0.15) is 0 Å². The van der Waals surface area contributed by atoms with Gasteiger partial charge >= 0.3 is 0 Å². The number of sulfonamides is 1. The molecule has 2 rings (SSSR count). The van der Waals surface area contributed by atoms with E-state index >= 15 is 0 Å². The fourth-order valence-electron chi connectivity index (χ4n) is 2.36. The molecule has 1 aromatic rings. The molecule has 0 radical (unpaired) electrons. The maximum absolute atomic E-state index is 13.2. The predicted molar refractivity (Wildman–Crippen MR) is 78.8 cm³/mol. The Balaban J connectivity index is 1.98. The highest BCUT2D eigenvalue weighted by molar-refractivity contribution is 7.89. The molecule has 0 aromatic heterocycles. The van der Waals surface area contributed by atoms with Crippen LogP contribution in [0.2, 0.25) is 0 Å². The molecular weight excluding hydrogens is 298 g/mol. The number of hydrogen-bond donors (Lipinski definition) is 0. The van der Waals surface area contributed by atoms with Gasteiger partial charge in [-0.15, -0.1) is 0 Å². The zero-order valence-corrected chi connectivity index (χ0v) is 12.9. The van der Waals surface area contributed by atoms with Crippen molar-refractivity contribution in [2.45, 2.75) is 19.8 Å². The van der Waals surface area contributed by atoms with E-state index in [-0.39, 0.29) is 5.75 Å². The summed E-state index contributed by atoms with van der Waals surface area (Å²) in [5.74, 6) is -1.58. The van der Waals surface area contributed by atoms with Gasteiger partial charge in [-0.05, 0) is 18.6 Å². The summed E-state index contributed by atoms with van der Waals surface area (Å²) in [5.41, 5.74) is 0.583. The van der Waals surface area contributed by atoms with E-state index in [0.29, 0.717) is 38.3 Å². The molecule has 21 heavy (non-hydrogen) atoms. The number of hydrogen-bond acceptors (Lipinski definition) is 3. The molecule has 0 bridgehead atoms. The fourth-order valence-corrected chi connectivity index (χ4v) is 3.99. The lowest BCUT2D eigenvalue weighted by molar-refractivity contribution is 0.384. The van der Waals surface area contributed by atoms with Crippen LogP contribution in [-0.2, 0) is 10.0 Å². The fraction of sp³-hybridized carbons (Fsp3) is 0.571. The Labute approximate surface area is 124 Å². The van der Waals surface area contributed by atoms with Crippen molar-refractivity contribution in [3.05, 3.63) is 29.8 Å². The first-order chi connectivity index (χ1) is 9.94. The molecule has 1 fully saturated rings. The summed E-state index contributed by atoms with van der Waals surface area (Å²) in [6, 6.07) is 3.76. The molecule has 1 heterocycles. The Kier molecular flexibility index (Phi) is 5.16. The van der Waals surface area contributed by atoms with E-state index in [0.717, 1.165) is 18.6 Å². The smallest absolute Gasteiger partial charge is 0.214 e. The molecule has 0 N–H and O–H groups in total. The summed E-state index contributed by atoms with van der Waals surface area (Å²) in [7, 11) is -3.19. The zero-order valence-electron chi connectivity index (χ0n) is 12.1. The van der Waals surface area contributed by atoms with E-state index in [9.17, 15) is 17.2 Å². The van der Waals surface area contributed by atoms with Crippen molar-refractivity contribution in [3.8, 4) is 0 Å². The summed E-state index contributed by atoms with van der Waals surface area (Å²) in [6.07, 6.45) is 1.50. The molecule has 0 amide bonds. The van der Waals surface area contributed by atoms with Crippen LogP contribution in [0.5, 0.6) is 0 Å². The lowest BCUT2D eigenvalue weighted by Crippen LogP contribution is -2.49. The van der Waals surface area contributed by atoms with Crippen LogP contribution in [-0.4, -0.2) is 44.7 Å². The van der Waals surface area contributed by atoms with Crippen LogP contribution in [0, 0.1) is 11.6 Å². The minimum atomic E-state index is -3.19. The van der Waals surface area contributed by atoms with Gasteiger partial charge in [0.05, 0.1) is 5.75 Å². The average Bonchev–Trinajstić information content (AvgIpc) is 2.48. The lowest BCUT2D eigenvalue weighted by Gasteiger charge is -2.35. The molecule has 1 aliphatic rings. The highest BCUT2D eigenvalue weighted by Crippen LogP contribution is 2.20. The van der Waals surface area contributed by atoms with Crippen LogP contribution in [0.3, 0.4) is 0 Å². The van der Waals surface area contributed by atoms with Gasteiger partial charge in [0.2, 0.25) is 10.0 Å². The SMILES string of the molecule is CCCCS(=O)(=O)N1CCN(c2ccc(F)c(F)c2)CC1. The van der Waals surface area contributed by atoms with Crippen molar-refractivity contribution in [1.82, 2.24) is 4.31 Å². The topological polar surface area (TPSA) is 40.6 Å². The van der Waals surface area contributed by atoms with Gasteiger partial charge in [-0.25, -0.2) is 17.2 Å². The largest absolute Gasteiger partial charge is 0.369 e. The van der Waals surface area contributed by atoms with Crippen molar-refractivity contribution in [2.75, 3.05) is 36.8 Å². The highest BCUT2D eigenvalue weighted by atomic mass is 32.2. The van der Waals surface area contributed by atoms with Crippen molar-refractivity contribution in [2.24, 2.45) is 0 Å². The van der Waals surface area contributed by atoms with Crippen LogP contribution in [0.15, 0.2) is 18.2 Å². The third kappa shape index (κ3) is 3.91. The average molecular weight is 318 g/mol. The van der Waals surface area contributed by atoms with E-state index < -0.39 is 21.7 Å². The quantitative estimate of drug-likeness (QED) is 0.836. The van der Waals surface area contributed by atoms with E-state index in [1.807, 2.05) is 11.8 Å². The number of halogens is 2. The Morgan fingerprint density at radius 3 is 2.33 bits per heavy atom. The molecule has 0 unspecified atom stereocenters. The summed E-state index contributed by atoms with van der Waals surface area (Å²) in [6.45, 7) is 3.68. The van der Waals surface area contributed by atoms with Gasteiger partial charge in [-0.3, -0.25) is 0 Å². The summed E-state index contributed by atoms with van der Waals surface area (Å²) in [4.78, 5) is 1.87. The number of anilines is 1. The Hall–Kier alpha value is -1.21. The molecule has 0 spiro atoms. The Morgan fingerprint density at radius 2 is 1.76 bits per heavy atom. The first kappa shape index (κ1) is 16.2. The van der Waals surface area contributed by atoms with Gasteiger partial charge in [0, 0.05) is 37.9 Å². The van der Waals surface area contributed by atoms with E-state index in [1.165, 1.54) is 10.4 Å². The molecule has 4 nitrogen and oxygen atoms in total. The molecule has 7 heteroatoms.